The lowest BCUT2D eigenvalue weighted by Crippen LogP contribution is -2.32. The highest BCUT2D eigenvalue weighted by atomic mass is 32.1. The molecule has 2 heterocycles. The lowest BCUT2D eigenvalue weighted by Gasteiger charge is -2.19. The van der Waals surface area contributed by atoms with E-state index in [1.165, 1.54) is 22.7 Å². The normalized spacial score (nSPS) is 11.2. The number of carbonyl (C=O) groups excluding carboxylic acids is 3. The molecule has 4 aromatic rings. The highest BCUT2D eigenvalue weighted by molar-refractivity contribution is 7.15. The van der Waals surface area contributed by atoms with Gasteiger partial charge < -0.3 is 15.4 Å². The van der Waals surface area contributed by atoms with Crippen LogP contribution in [0.4, 0.5) is 9.93 Å². The first-order valence-corrected chi connectivity index (χ1v) is 15.8. The molecule has 2 N–H and O–H groups in total. The molecule has 43 heavy (non-hydrogen) atoms. The Morgan fingerprint density at radius 2 is 1.40 bits per heavy atom. The predicted molar refractivity (Wildman–Crippen MR) is 167 cm³/mol. The van der Waals surface area contributed by atoms with Crippen molar-refractivity contribution in [3.63, 3.8) is 0 Å². The van der Waals surface area contributed by atoms with E-state index < -0.39 is 11.7 Å². The summed E-state index contributed by atoms with van der Waals surface area (Å²) in [6.45, 7) is 5.77. The first kappa shape index (κ1) is 31.9. The number of aromatic nitrogens is 4. The quantitative estimate of drug-likeness (QED) is 0.176. The van der Waals surface area contributed by atoms with Gasteiger partial charge in [-0.1, -0.05) is 65.9 Å². The van der Waals surface area contributed by atoms with Crippen LogP contribution in [0.5, 0.6) is 0 Å². The second-order valence-electron chi connectivity index (χ2n) is 11.1. The summed E-state index contributed by atoms with van der Waals surface area (Å²) in [7, 11) is 0. The van der Waals surface area contributed by atoms with Crippen LogP contribution in [0.3, 0.4) is 0 Å². The van der Waals surface area contributed by atoms with E-state index in [9.17, 15) is 14.4 Å². The average Bonchev–Trinajstić information content (AvgIpc) is 3.58. The van der Waals surface area contributed by atoms with Crippen LogP contribution in [0, 0.1) is 0 Å². The zero-order chi connectivity index (χ0) is 30.7. The maximum atomic E-state index is 12.7. The minimum atomic E-state index is -0.558. The van der Waals surface area contributed by atoms with Gasteiger partial charge in [0.1, 0.15) is 26.4 Å². The molecule has 0 saturated carbocycles. The molecule has 12 heteroatoms. The number of hydrogen-bond acceptors (Lipinski definition) is 10. The molecule has 2 amide bonds. The summed E-state index contributed by atoms with van der Waals surface area (Å²) in [5.74, 6) is -0.0524. The van der Waals surface area contributed by atoms with Crippen molar-refractivity contribution in [3.05, 3.63) is 86.3 Å². The van der Waals surface area contributed by atoms with Crippen LogP contribution in [0.25, 0.3) is 0 Å². The summed E-state index contributed by atoms with van der Waals surface area (Å²) in [5.41, 5.74) is 2.17. The number of aryl methyl sites for hydroxylation is 2. The van der Waals surface area contributed by atoms with Crippen LogP contribution in [0.1, 0.15) is 65.3 Å². The maximum Gasteiger partial charge on any atom is 0.407 e. The van der Waals surface area contributed by atoms with Crippen LogP contribution < -0.4 is 10.6 Å². The largest absolute Gasteiger partial charge is 0.444 e. The molecular weight excluding hydrogens is 585 g/mol. The average molecular weight is 621 g/mol. The Morgan fingerprint density at radius 3 is 2.14 bits per heavy atom. The van der Waals surface area contributed by atoms with Gasteiger partial charge >= 0.3 is 6.09 Å². The molecule has 2 aromatic heterocycles. The minimum absolute atomic E-state index is 0.0582. The lowest BCUT2D eigenvalue weighted by atomic mass is 10.0. The van der Waals surface area contributed by atoms with E-state index in [1.807, 2.05) is 75.4 Å². The van der Waals surface area contributed by atoms with Crippen molar-refractivity contribution in [2.45, 2.75) is 77.9 Å². The number of benzene rings is 2. The number of ether oxygens (including phenoxy) is 1. The molecule has 0 radical (unpaired) electrons. The maximum absolute atomic E-state index is 12.7. The molecule has 4 rings (SSSR count). The van der Waals surface area contributed by atoms with E-state index in [-0.39, 0.29) is 24.5 Å². The minimum Gasteiger partial charge on any atom is -0.444 e. The van der Waals surface area contributed by atoms with Crippen LogP contribution in [0.15, 0.2) is 54.6 Å². The van der Waals surface area contributed by atoms with E-state index in [2.05, 4.69) is 31.0 Å². The van der Waals surface area contributed by atoms with E-state index in [4.69, 9.17) is 4.74 Å². The lowest BCUT2D eigenvalue weighted by molar-refractivity contribution is -0.118. The second kappa shape index (κ2) is 15.4. The Labute approximate surface area is 259 Å². The van der Waals surface area contributed by atoms with Gasteiger partial charge in [-0.25, -0.2) is 4.79 Å². The zero-order valence-electron chi connectivity index (χ0n) is 24.6. The van der Waals surface area contributed by atoms with Crippen molar-refractivity contribution in [2.24, 2.45) is 0 Å². The molecule has 0 unspecified atom stereocenters. The molecule has 0 aliphatic rings. The molecule has 0 bridgehead atoms. The molecule has 0 saturated heterocycles. The van der Waals surface area contributed by atoms with E-state index in [0.717, 1.165) is 52.4 Å². The highest BCUT2D eigenvalue weighted by Gasteiger charge is 2.16. The number of unbranched alkanes of at least 4 members (excludes halogenated alkanes) is 1. The number of nitrogens with one attached hydrogen (secondary N) is 2. The molecule has 0 aliphatic heterocycles. The van der Waals surface area contributed by atoms with Crippen molar-refractivity contribution in [1.82, 2.24) is 25.7 Å². The van der Waals surface area contributed by atoms with Crippen LogP contribution >= 0.6 is 22.7 Å². The van der Waals surface area contributed by atoms with Gasteiger partial charge in [-0.2, -0.15) is 0 Å². The van der Waals surface area contributed by atoms with E-state index in [0.29, 0.717) is 23.1 Å². The van der Waals surface area contributed by atoms with Gasteiger partial charge in [-0.15, -0.1) is 31.7 Å². The Balaban J connectivity index is 1.14. The SMILES string of the molecule is CC(C)(C)OC(=O)NCc1cccc(CC(=O)Cc2nnc(CCCCc3nnc(NC(=O)Cc4ccccc4)s3)s2)c1. The van der Waals surface area contributed by atoms with Crippen molar-refractivity contribution >= 4 is 45.6 Å². The van der Waals surface area contributed by atoms with Gasteiger partial charge in [-0.05, 0) is 50.3 Å². The number of rotatable bonds is 14. The standard InChI is InChI=1S/C31H36N6O4S2/c1-31(2,3)41-30(40)32-20-23-13-9-12-22(16-23)17-24(38)19-28-36-34-26(42-28)14-7-8-15-27-35-37-29(43-27)33-25(39)18-21-10-5-4-6-11-21/h4-6,9-13,16H,7-8,14-15,17-20H2,1-3H3,(H,32,40)(H,33,37,39). The summed E-state index contributed by atoms with van der Waals surface area (Å²) in [4.78, 5) is 36.9. The Morgan fingerprint density at radius 1 is 0.744 bits per heavy atom. The summed E-state index contributed by atoms with van der Waals surface area (Å²) in [5, 5.41) is 25.3. The fraction of sp³-hybridized carbons (Fsp3) is 0.387. The van der Waals surface area contributed by atoms with Crippen LogP contribution in [-0.4, -0.2) is 43.8 Å². The molecule has 0 fully saturated rings. The number of nitrogens with zero attached hydrogens (tertiary/aromatic N) is 4. The van der Waals surface area contributed by atoms with Crippen molar-refractivity contribution in [3.8, 4) is 0 Å². The predicted octanol–water partition coefficient (Wildman–Crippen LogP) is 5.52. The Kier molecular flexibility index (Phi) is 11.5. The summed E-state index contributed by atoms with van der Waals surface area (Å²) >= 11 is 2.87. The van der Waals surface area contributed by atoms with Gasteiger partial charge in [0, 0.05) is 25.8 Å². The van der Waals surface area contributed by atoms with E-state index in [1.54, 1.807) is 0 Å². The molecule has 0 spiro atoms. The summed E-state index contributed by atoms with van der Waals surface area (Å²) in [6.07, 6.45) is 3.69. The monoisotopic (exact) mass is 620 g/mol. The molecule has 10 nitrogen and oxygen atoms in total. The van der Waals surface area contributed by atoms with Crippen LogP contribution in [0.2, 0.25) is 0 Å². The fourth-order valence-electron chi connectivity index (χ4n) is 4.16. The molecule has 0 aliphatic carbocycles. The third-order valence-electron chi connectivity index (χ3n) is 6.04. The first-order chi connectivity index (χ1) is 20.6. The fourth-order valence-corrected chi connectivity index (χ4v) is 5.87. The number of Topliss-reactive ketones (excluding diaryl/α,β-unsaturated/α-hetero) is 1. The van der Waals surface area contributed by atoms with Gasteiger partial charge in [0.05, 0.1) is 12.8 Å². The zero-order valence-corrected chi connectivity index (χ0v) is 26.2. The molecule has 226 valence electrons. The van der Waals surface area contributed by atoms with Crippen molar-refractivity contribution in [1.29, 1.82) is 0 Å². The number of amides is 2. The number of ketones is 1. The third-order valence-corrected chi connectivity index (χ3v) is 7.92. The summed E-state index contributed by atoms with van der Waals surface area (Å²) in [6, 6.07) is 17.2. The van der Waals surface area contributed by atoms with Crippen molar-refractivity contribution in [2.75, 3.05) is 5.32 Å². The number of hydrogen-bond donors (Lipinski definition) is 2. The van der Waals surface area contributed by atoms with Gasteiger partial charge in [0.2, 0.25) is 11.0 Å². The Hall–Kier alpha value is -4.03. The second-order valence-corrected chi connectivity index (χ2v) is 13.3. The molecular formula is C31H36N6O4S2. The number of alkyl carbamates (subject to hydrolysis) is 1. The highest BCUT2D eigenvalue weighted by Crippen LogP contribution is 2.19. The van der Waals surface area contributed by atoms with Gasteiger partial charge in [0.15, 0.2) is 0 Å². The van der Waals surface area contributed by atoms with Crippen LogP contribution in [-0.2, 0) is 53.0 Å². The topological polar surface area (TPSA) is 136 Å². The summed E-state index contributed by atoms with van der Waals surface area (Å²) < 4.78 is 5.27. The molecule has 2 aromatic carbocycles. The first-order valence-electron chi connectivity index (χ1n) is 14.1. The molecule has 0 atom stereocenters. The number of carbonyl (C=O) groups is 3. The third kappa shape index (κ3) is 11.6. The smallest absolute Gasteiger partial charge is 0.407 e. The Bertz CT molecular complexity index is 1510. The van der Waals surface area contributed by atoms with E-state index >= 15 is 0 Å². The van der Waals surface area contributed by atoms with Gasteiger partial charge in [-0.3, -0.25) is 9.59 Å². The van der Waals surface area contributed by atoms with Gasteiger partial charge in [0.25, 0.3) is 0 Å². The number of anilines is 1. The van der Waals surface area contributed by atoms with Crippen molar-refractivity contribution < 1.29 is 19.1 Å².